The molecule has 0 radical (unpaired) electrons. The van der Waals surface area contributed by atoms with Gasteiger partial charge in [0.25, 0.3) is 0 Å². The van der Waals surface area contributed by atoms with Gasteiger partial charge in [0.15, 0.2) is 0 Å². The fourth-order valence-corrected chi connectivity index (χ4v) is 1.67. The molecular formula is C12H24N2O2. The number of carbonyl (C=O) groups is 1. The van der Waals surface area contributed by atoms with Crippen LogP contribution in [-0.2, 0) is 9.53 Å². The molecule has 0 aliphatic heterocycles. The van der Waals surface area contributed by atoms with E-state index in [0.29, 0.717) is 19.2 Å². The van der Waals surface area contributed by atoms with E-state index in [2.05, 4.69) is 17.6 Å². The fourth-order valence-electron chi connectivity index (χ4n) is 1.67. The monoisotopic (exact) mass is 228 g/mol. The van der Waals surface area contributed by atoms with Gasteiger partial charge in [-0.05, 0) is 25.2 Å². The van der Waals surface area contributed by atoms with Crippen molar-refractivity contribution in [2.75, 3.05) is 26.8 Å². The number of amides is 1. The third-order valence-electron chi connectivity index (χ3n) is 2.84. The van der Waals surface area contributed by atoms with Gasteiger partial charge in [-0.3, -0.25) is 4.79 Å². The Hall–Kier alpha value is -0.610. The molecule has 1 aliphatic carbocycles. The second-order valence-corrected chi connectivity index (χ2v) is 4.57. The van der Waals surface area contributed by atoms with Crippen LogP contribution in [0.25, 0.3) is 0 Å². The first kappa shape index (κ1) is 13.5. The van der Waals surface area contributed by atoms with Crippen LogP contribution in [0.4, 0.5) is 0 Å². The van der Waals surface area contributed by atoms with Crippen molar-refractivity contribution in [3.63, 3.8) is 0 Å². The first-order chi connectivity index (χ1) is 7.76. The van der Waals surface area contributed by atoms with Gasteiger partial charge in [-0.1, -0.05) is 13.3 Å². The summed E-state index contributed by atoms with van der Waals surface area (Å²) in [6, 6.07) is 0.293. The number of rotatable bonds is 9. The fraction of sp³-hybridized carbons (Fsp3) is 0.917. The van der Waals surface area contributed by atoms with E-state index in [1.165, 1.54) is 12.8 Å². The molecule has 94 valence electrons. The summed E-state index contributed by atoms with van der Waals surface area (Å²) < 4.78 is 5.10. The van der Waals surface area contributed by atoms with E-state index in [-0.39, 0.29) is 5.91 Å². The zero-order chi connectivity index (χ0) is 11.8. The predicted molar refractivity (Wildman–Crippen MR) is 64.3 cm³/mol. The molecule has 0 aromatic heterocycles. The van der Waals surface area contributed by atoms with Gasteiger partial charge in [0.2, 0.25) is 5.91 Å². The zero-order valence-electron chi connectivity index (χ0n) is 10.4. The molecule has 0 aromatic carbocycles. The van der Waals surface area contributed by atoms with E-state index in [0.717, 1.165) is 25.3 Å². The lowest BCUT2D eigenvalue weighted by atomic mass is 10.2. The molecule has 1 unspecified atom stereocenters. The van der Waals surface area contributed by atoms with Gasteiger partial charge in [-0.25, -0.2) is 0 Å². The quantitative estimate of drug-likeness (QED) is 0.617. The van der Waals surface area contributed by atoms with Gasteiger partial charge in [0.05, 0.1) is 13.2 Å². The van der Waals surface area contributed by atoms with E-state index >= 15 is 0 Å². The second kappa shape index (κ2) is 7.63. The summed E-state index contributed by atoms with van der Waals surface area (Å²) in [5.41, 5.74) is 0. The highest BCUT2D eigenvalue weighted by Crippen LogP contribution is 2.27. The molecule has 0 heterocycles. The highest BCUT2D eigenvalue weighted by molar-refractivity contribution is 5.78. The summed E-state index contributed by atoms with van der Waals surface area (Å²) in [6.07, 6.45) is 4.69. The van der Waals surface area contributed by atoms with Gasteiger partial charge < -0.3 is 15.4 Å². The minimum atomic E-state index is 0.101. The number of ether oxygens (including phenoxy) is 1. The number of carbonyl (C=O) groups excluding carboxylic acids is 1. The van der Waals surface area contributed by atoms with Crippen molar-refractivity contribution in [1.29, 1.82) is 0 Å². The summed E-state index contributed by atoms with van der Waals surface area (Å²) in [5, 5.41) is 6.17. The van der Waals surface area contributed by atoms with E-state index in [1.807, 2.05) is 0 Å². The summed E-state index contributed by atoms with van der Waals surface area (Å²) in [7, 11) is 1.69. The van der Waals surface area contributed by atoms with Crippen molar-refractivity contribution in [2.45, 2.75) is 38.6 Å². The Kier molecular flexibility index (Phi) is 6.42. The van der Waals surface area contributed by atoms with Crippen molar-refractivity contribution in [2.24, 2.45) is 5.92 Å². The van der Waals surface area contributed by atoms with Crippen LogP contribution in [0.3, 0.4) is 0 Å². The average Bonchev–Trinajstić information content (AvgIpc) is 3.07. The first-order valence-electron chi connectivity index (χ1n) is 6.25. The van der Waals surface area contributed by atoms with Crippen LogP contribution in [-0.4, -0.2) is 38.8 Å². The van der Waals surface area contributed by atoms with Gasteiger partial charge in [0.1, 0.15) is 0 Å². The van der Waals surface area contributed by atoms with E-state index in [9.17, 15) is 4.79 Å². The Balaban J connectivity index is 2.06. The summed E-state index contributed by atoms with van der Waals surface area (Å²) in [5.74, 6) is 0.846. The summed E-state index contributed by atoms with van der Waals surface area (Å²) >= 11 is 0. The predicted octanol–water partition coefficient (Wildman–Crippen LogP) is 0.917. The normalized spacial score (nSPS) is 17.1. The Morgan fingerprint density at radius 3 is 2.81 bits per heavy atom. The maximum absolute atomic E-state index is 11.5. The van der Waals surface area contributed by atoms with Crippen molar-refractivity contribution in [3.05, 3.63) is 0 Å². The van der Waals surface area contributed by atoms with Crippen LogP contribution < -0.4 is 10.6 Å². The van der Waals surface area contributed by atoms with Crippen LogP contribution >= 0.6 is 0 Å². The molecule has 2 N–H and O–H groups in total. The molecule has 1 aliphatic rings. The molecule has 1 atom stereocenters. The molecule has 0 bridgehead atoms. The molecule has 16 heavy (non-hydrogen) atoms. The molecule has 4 heteroatoms. The van der Waals surface area contributed by atoms with Crippen molar-refractivity contribution >= 4 is 5.91 Å². The summed E-state index contributed by atoms with van der Waals surface area (Å²) in [6.45, 7) is 4.06. The minimum absolute atomic E-state index is 0.101. The SMILES string of the molecule is CCCC(COC)NCC(=O)NCC1CC1. The zero-order valence-corrected chi connectivity index (χ0v) is 10.4. The van der Waals surface area contributed by atoms with Crippen LogP contribution in [0.2, 0.25) is 0 Å². The molecule has 0 aromatic rings. The van der Waals surface area contributed by atoms with Crippen LogP contribution in [0, 0.1) is 5.92 Å². The second-order valence-electron chi connectivity index (χ2n) is 4.57. The maximum Gasteiger partial charge on any atom is 0.233 e. The molecule has 1 saturated carbocycles. The third-order valence-corrected chi connectivity index (χ3v) is 2.84. The Bertz CT molecular complexity index is 199. The molecule has 0 saturated heterocycles. The third kappa shape index (κ3) is 6.08. The topological polar surface area (TPSA) is 50.4 Å². The minimum Gasteiger partial charge on any atom is -0.383 e. The highest BCUT2D eigenvalue weighted by atomic mass is 16.5. The largest absolute Gasteiger partial charge is 0.383 e. The van der Waals surface area contributed by atoms with Gasteiger partial charge in [0, 0.05) is 19.7 Å². The number of nitrogens with one attached hydrogen (secondary N) is 2. The van der Waals surface area contributed by atoms with Gasteiger partial charge >= 0.3 is 0 Å². The standard InChI is InChI=1S/C12H24N2O2/c1-3-4-11(9-16-2)13-8-12(15)14-7-10-5-6-10/h10-11,13H,3-9H2,1-2H3,(H,14,15). The maximum atomic E-state index is 11.5. The molecule has 0 spiro atoms. The van der Waals surface area contributed by atoms with Crippen molar-refractivity contribution < 1.29 is 9.53 Å². The lowest BCUT2D eigenvalue weighted by molar-refractivity contribution is -0.120. The lowest BCUT2D eigenvalue weighted by Crippen LogP contribution is -2.41. The summed E-state index contributed by atoms with van der Waals surface area (Å²) in [4.78, 5) is 11.5. The van der Waals surface area contributed by atoms with E-state index in [4.69, 9.17) is 4.74 Å². The molecular weight excluding hydrogens is 204 g/mol. The Morgan fingerprint density at radius 2 is 2.25 bits per heavy atom. The Morgan fingerprint density at radius 1 is 1.50 bits per heavy atom. The molecule has 1 amide bonds. The molecule has 1 rings (SSSR count). The smallest absolute Gasteiger partial charge is 0.233 e. The number of hydrogen-bond donors (Lipinski definition) is 2. The molecule has 1 fully saturated rings. The van der Waals surface area contributed by atoms with Crippen molar-refractivity contribution in [3.8, 4) is 0 Å². The Labute approximate surface area is 98.1 Å². The van der Waals surface area contributed by atoms with Crippen LogP contribution in [0.15, 0.2) is 0 Å². The lowest BCUT2D eigenvalue weighted by Gasteiger charge is -2.16. The van der Waals surface area contributed by atoms with Crippen LogP contribution in [0.1, 0.15) is 32.6 Å². The molecule has 4 nitrogen and oxygen atoms in total. The first-order valence-corrected chi connectivity index (χ1v) is 6.25. The number of hydrogen-bond acceptors (Lipinski definition) is 3. The average molecular weight is 228 g/mol. The van der Waals surface area contributed by atoms with E-state index < -0.39 is 0 Å². The van der Waals surface area contributed by atoms with Gasteiger partial charge in [-0.2, -0.15) is 0 Å². The highest BCUT2D eigenvalue weighted by Gasteiger charge is 2.21. The van der Waals surface area contributed by atoms with Crippen LogP contribution in [0.5, 0.6) is 0 Å². The van der Waals surface area contributed by atoms with Gasteiger partial charge in [-0.15, -0.1) is 0 Å². The van der Waals surface area contributed by atoms with Crippen molar-refractivity contribution in [1.82, 2.24) is 10.6 Å². The van der Waals surface area contributed by atoms with E-state index in [1.54, 1.807) is 7.11 Å². The number of methoxy groups -OCH3 is 1.